The molecule has 1 atom stereocenters. The minimum atomic E-state index is -0.900. The lowest BCUT2D eigenvalue weighted by molar-refractivity contribution is -0.142. The van der Waals surface area contributed by atoms with Crippen molar-refractivity contribution < 1.29 is 23.8 Å². The third-order valence-electron chi connectivity index (χ3n) is 5.57. The van der Waals surface area contributed by atoms with Gasteiger partial charge in [0.05, 0.1) is 5.92 Å². The van der Waals surface area contributed by atoms with E-state index in [-0.39, 0.29) is 24.5 Å². The number of nitrogens with one attached hydrogen (secondary N) is 2. The molecule has 2 aromatic rings. The maximum absolute atomic E-state index is 13.3. The first-order valence-electron chi connectivity index (χ1n) is 10.9. The molecule has 32 heavy (non-hydrogen) atoms. The summed E-state index contributed by atoms with van der Waals surface area (Å²) in [4.78, 5) is 25.7. The summed E-state index contributed by atoms with van der Waals surface area (Å²) in [5.74, 6) is -1.20. The van der Waals surface area contributed by atoms with Crippen LogP contribution in [0.1, 0.15) is 30.9 Å². The zero-order valence-corrected chi connectivity index (χ0v) is 18.2. The molecule has 1 unspecified atom stereocenters. The number of halogens is 1. The molecular formula is C24H30FN3O4. The number of urea groups is 1. The van der Waals surface area contributed by atoms with Gasteiger partial charge >= 0.3 is 12.0 Å². The zero-order chi connectivity index (χ0) is 22.9. The molecule has 1 aliphatic rings. The van der Waals surface area contributed by atoms with Gasteiger partial charge < -0.3 is 25.4 Å². The fourth-order valence-electron chi connectivity index (χ4n) is 3.55. The van der Waals surface area contributed by atoms with Crippen LogP contribution in [0.15, 0.2) is 48.5 Å². The van der Waals surface area contributed by atoms with E-state index < -0.39 is 11.9 Å². The highest BCUT2D eigenvalue weighted by molar-refractivity contribution is 5.74. The molecule has 3 N–H and O–H groups in total. The van der Waals surface area contributed by atoms with E-state index in [1.165, 1.54) is 12.1 Å². The van der Waals surface area contributed by atoms with Crippen molar-refractivity contribution in [3.63, 3.8) is 0 Å². The van der Waals surface area contributed by atoms with E-state index in [0.29, 0.717) is 18.8 Å². The molecule has 8 heteroatoms. The van der Waals surface area contributed by atoms with Crippen LogP contribution in [0.3, 0.4) is 0 Å². The first-order valence-corrected chi connectivity index (χ1v) is 10.9. The second-order valence-corrected chi connectivity index (χ2v) is 8.09. The predicted octanol–water partition coefficient (Wildman–Crippen LogP) is 3.39. The first-order chi connectivity index (χ1) is 15.4. The molecule has 0 bridgehead atoms. The van der Waals surface area contributed by atoms with E-state index in [9.17, 15) is 14.0 Å². The quantitative estimate of drug-likeness (QED) is 0.553. The minimum absolute atomic E-state index is 0.0972. The molecule has 0 radical (unpaired) electrons. The summed E-state index contributed by atoms with van der Waals surface area (Å²) in [6, 6.07) is 13.4. The van der Waals surface area contributed by atoms with Crippen molar-refractivity contribution in [2.45, 2.75) is 38.9 Å². The van der Waals surface area contributed by atoms with Crippen molar-refractivity contribution in [2.75, 3.05) is 19.7 Å². The summed E-state index contributed by atoms with van der Waals surface area (Å²) in [5, 5.41) is 15.2. The van der Waals surface area contributed by atoms with Gasteiger partial charge in [-0.05, 0) is 68.2 Å². The van der Waals surface area contributed by atoms with Gasteiger partial charge in [0.25, 0.3) is 0 Å². The standard InChI is InChI=1S/C24H30FN3O4/c1-17(23(29)30)16-32-22-8-4-18(5-9-22)14-27-24(31)28(21-10-12-26-13-11-21)15-19-2-6-20(25)7-3-19/h2-9,17,21,26H,10-16H2,1H3,(H,27,31)(H,29,30). The number of carbonyl (C=O) groups excluding carboxylic acids is 1. The molecular weight excluding hydrogens is 413 g/mol. The fraction of sp³-hybridized carbons (Fsp3) is 0.417. The fourth-order valence-corrected chi connectivity index (χ4v) is 3.55. The Kier molecular flexibility index (Phi) is 8.44. The third-order valence-corrected chi connectivity index (χ3v) is 5.57. The van der Waals surface area contributed by atoms with Crippen LogP contribution in [0.25, 0.3) is 0 Å². The monoisotopic (exact) mass is 443 g/mol. The number of aliphatic carboxylic acids is 1. The number of benzene rings is 2. The largest absolute Gasteiger partial charge is 0.493 e. The number of hydrogen-bond donors (Lipinski definition) is 3. The lowest BCUT2D eigenvalue weighted by Gasteiger charge is -2.35. The molecule has 1 aliphatic heterocycles. The Bertz CT molecular complexity index is 883. The van der Waals surface area contributed by atoms with Gasteiger partial charge in [-0.15, -0.1) is 0 Å². The number of carboxylic acids is 1. The lowest BCUT2D eigenvalue weighted by atomic mass is 10.0. The average molecular weight is 444 g/mol. The number of rotatable bonds is 9. The number of nitrogens with zero attached hydrogens (tertiary/aromatic N) is 1. The average Bonchev–Trinajstić information content (AvgIpc) is 2.81. The number of piperidine rings is 1. The summed E-state index contributed by atoms with van der Waals surface area (Å²) in [6.07, 6.45) is 1.74. The minimum Gasteiger partial charge on any atom is -0.493 e. The van der Waals surface area contributed by atoms with E-state index in [4.69, 9.17) is 9.84 Å². The summed E-state index contributed by atoms with van der Waals surface area (Å²) >= 11 is 0. The third kappa shape index (κ3) is 6.95. The van der Waals surface area contributed by atoms with E-state index in [2.05, 4.69) is 10.6 Å². The number of amides is 2. The number of carbonyl (C=O) groups is 2. The smallest absolute Gasteiger partial charge is 0.318 e. The maximum atomic E-state index is 13.3. The number of hydrogen-bond acceptors (Lipinski definition) is 4. The van der Waals surface area contributed by atoms with Gasteiger partial charge in [0.2, 0.25) is 0 Å². The second kappa shape index (κ2) is 11.5. The zero-order valence-electron chi connectivity index (χ0n) is 18.2. The van der Waals surface area contributed by atoms with E-state index >= 15 is 0 Å². The molecule has 0 spiro atoms. The molecule has 1 heterocycles. The van der Waals surface area contributed by atoms with Crippen molar-refractivity contribution >= 4 is 12.0 Å². The van der Waals surface area contributed by atoms with Gasteiger partial charge in [-0.25, -0.2) is 9.18 Å². The molecule has 2 amide bonds. The Balaban J connectivity index is 1.57. The highest BCUT2D eigenvalue weighted by Gasteiger charge is 2.25. The Morgan fingerprint density at radius 3 is 2.38 bits per heavy atom. The van der Waals surface area contributed by atoms with Crippen LogP contribution in [0.5, 0.6) is 5.75 Å². The van der Waals surface area contributed by atoms with Gasteiger partial charge in [-0.2, -0.15) is 0 Å². The van der Waals surface area contributed by atoms with Crippen LogP contribution in [-0.4, -0.2) is 47.7 Å². The molecule has 1 saturated heterocycles. The van der Waals surface area contributed by atoms with E-state index in [0.717, 1.165) is 37.1 Å². The van der Waals surface area contributed by atoms with Gasteiger partial charge in [-0.1, -0.05) is 24.3 Å². The summed E-state index contributed by atoms with van der Waals surface area (Å²) in [6.45, 7) is 4.19. The molecule has 1 fully saturated rings. The molecule has 172 valence electrons. The maximum Gasteiger partial charge on any atom is 0.318 e. The van der Waals surface area contributed by atoms with E-state index in [1.54, 1.807) is 31.2 Å². The van der Waals surface area contributed by atoms with E-state index in [1.807, 2.05) is 17.0 Å². The molecule has 0 aromatic heterocycles. The Hall–Kier alpha value is -3.13. The Morgan fingerprint density at radius 2 is 1.75 bits per heavy atom. The molecule has 3 rings (SSSR count). The summed E-state index contributed by atoms with van der Waals surface area (Å²) in [5.41, 5.74) is 1.79. The van der Waals surface area contributed by atoms with Gasteiger partial charge in [0, 0.05) is 19.1 Å². The van der Waals surface area contributed by atoms with Crippen molar-refractivity contribution in [2.24, 2.45) is 5.92 Å². The van der Waals surface area contributed by atoms with Crippen LogP contribution in [0.2, 0.25) is 0 Å². The topological polar surface area (TPSA) is 90.9 Å². The summed E-state index contributed by atoms with van der Waals surface area (Å²) < 4.78 is 18.8. The van der Waals surface area contributed by atoms with Crippen molar-refractivity contribution in [3.05, 3.63) is 65.5 Å². The van der Waals surface area contributed by atoms with Gasteiger partial charge in [0.15, 0.2) is 0 Å². The Labute approximate surface area is 187 Å². The van der Waals surface area contributed by atoms with Crippen molar-refractivity contribution in [1.29, 1.82) is 0 Å². The Morgan fingerprint density at radius 1 is 1.12 bits per heavy atom. The first kappa shape index (κ1) is 23.5. The van der Waals surface area contributed by atoms with Crippen molar-refractivity contribution in [1.82, 2.24) is 15.5 Å². The number of carboxylic acid groups (broad SMARTS) is 1. The van der Waals surface area contributed by atoms with Crippen LogP contribution in [0.4, 0.5) is 9.18 Å². The number of ether oxygens (including phenoxy) is 1. The van der Waals surface area contributed by atoms with Crippen LogP contribution in [0, 0.1) is 11.7 Å². The highest BCUT2D eigenvalue weighted by atomic mass is 19.1. The van der Waals surface area contributed by atoms with Gasteiger partial charge in [0.1, 0.15) is 18.2 Å². The SMILES string of the molecule is CC(COc1ccc(CNC(=O)N(Cc2ccc(F)cc2)C2CCNCC2)cc1)C(=O)O. The summed E-state index contributed by atoms with van der Waals surface area (Å²) in [7, 11) is 0. The molecule has 7 nitrogen and oxygen atoms in total. The lowest BCUT2D eigenvalue weighted by Crippen LogP contribution is -2.49. The predicted molar refractivity (Wildman–Crippen MR) is 119 cm³/mol. The molecule has 0 saturated carbocycles. The molecule has 0 aliphatic carbocycles. The normalized spacial score (nSPS) is 15.1. The van der Waals surface area contributed by atoms with Crippen LogP contribution < -0.4 is 15.4 Å². The van der Waals surface area contributed by atoms with Crippen LogP contribution >= 0.6 is 0 Å². The van der Waals surface area contributed by atoms with Crippen molar-refractivity contribution in [3.8, 4) is 5.75 Å². The van der Waals surface area contributed by atoms with Crippen LogP contribution in [-0.2, 0) is 17.9 Å². The van der Waals surface area contributed by atoms with Gasteiger partial charge in [-0.3, -0.25) is 4.79 Å². The highest BCUT2D eigenvalue weighted by Crippen LogP contribution is 2.18. The molecule has 2 aromatic carbocycles. The second-order valence-electron chi connectivity index (χ2n) is 8.09.